The summed E-state index contributed by atoms with van der Waals surface area (Å²) in [5.74, 6) is -0.167. The average Bonchev–Trinajstić information content (AvgIpc) is 2.64. The van der Waals surface area contributed by atoms with E-state index in [1.165, 1.54) is 4.68 Å². The van der Waals surface area contributed by atoms with Crippen molar-refractivity contribution in [3.8, 4) is 0 Å². The molecule has 1 N–H and O–H groups in total. The van der Waals surface area contributed by atoms with Crippen molar-refractivity contribution in [1.29, 1.82) is 0 Å². The topological polar surface area (TPSA) is 90.1 Å². The Kier molecular flexibility index (Phi) is 6.33. The normalized spacial score (nSPS) is 12.2. The fourth-order valence-electron chi connectivity index (χ4n) is 2.33. The second-order valence-electron chi connectivity index (χ2n) is 5.40. The lowest BCUT2D eigenvalue weighted by Crippen LogP contribution is -2.35. The number of nitrogens with zero attached hydrogens (tertiary/aromatic N) is 3. The molecule has 7 nitrogen and oxygen atoms in total. The number of carbonyl (C=O) groups excluding carboxylic acids is 1. The molecule has 0 aliphatic carbocycles. The minimum atomic E-state index is -0.459. The largest absolute Gasteiger partial charge is 0.352 e. The third kappa shape index (κ3) is 4.84. The SMILES string of the molecule is CCCCC[C@H](C)NC(=O)Cn1nc(C)c([N+](=O)[O-])c1C. The Morgan fingerprint density at radius 1 is 1.43 bits per heavy atom. The summed E-state index contributed by atoms with van der Waals surface area (Å²) in [5.41, 5.74) is 0.728. The third-order valence-electron chi connectivity index (χ3n) is 3.47. The molecule has 0 aliphatic heterocycles. The molecule has 118 valence electrons. The molecular weight excluding hydrogens is 272 g/mol. The van der Waals surface area contributed by atoms with Crippen molar-refractivity contribution >= 4 is 11.6 Å². The summed E-state index contributed by atoms with van der Waals surface area (Å²) >= 11 is 0. The molecule has 1 amide bonds. The molecule has 1 aromatic rings. The highest BCUT2D eigenvalue weighted by atomic mass is 16.6. The number of hydrogen-bond acceptors (Lipinski definition) is 4. The van der Waals surface area contributed by atoms with Gasteiger partial charge in [-0.25, -0.2) is 0 Å². The van der Waals surface area contributed by atoms with Crippen LogP contribution in [0.5, 0.6) is 0 Å². The van der Waals surface area contributed by atoms with Crippen molar-refractivity contribution < 1.29 is 9.72 Å². The zero-order valence-corrected chi connectivity index (χ0v) is 13.2. The summed E-state index contributed by atoms with van der Waals surface area (Å²) in [6, 6.07) is 0.107. The average molecular weight is 296 g/mol. The van der Waals surface area contributed by atoms with Crippen LogP contribution in [0.4, 0.5) is 5.69 Å². The molecule has 0 bridgehead atoms. The third-order valence-corrected chi connectivity index (χ3v) is 3.47. The van der Waals surface area contributed by atoms with E-state index in [0.29, 0.717) is 11.4 Å². The van der Waals surface area contributed by atoms with Crippen LogP contribution in [0.25, 0.3) is 0 Å². The molecule has 1 rings (SSSR count). The van der Waals surface area contributed by atoms with Gasteiger partial charge in [-0.3, -0.25) is 19.6 Å². The number of rotatable bonds is 8. The van der Waals surface area contributed by atoms with Crippen LogP contribution >= 0.6 is 0 Å². The maximum absolute atomic E-state index is 12.0. The molecule has 0 saturated carbocycles. The first-order valence-electron chi connectivity index (χ1n) is 7.34. The van der Waals surface area contributed by atoms with Crippen molar-refractivity contribution in [2.24, 2.45) is 0 Å². The number of nitrogens with one attached hydrogen (secondary N) is 1. The molecule has 0 radical (unpaired) electrons. The summed E-state index contributed by atoms with van der Waals surface area (Å²) in [5, 5.41) is 17.9. The van der Waals surface area contributed by atoms with Crippen molar-refractivity contribution in [2.75, 3.05) is 0 Å². The van der Waals surface area contributed by atoms with Crippen LogP contribution in [-0.4, -0.2) is 26.7 Å². The number of hydrogen-bond donors (Lipinski definition) is 1. The molecule has 1 heterocycles. The summed E-state index contributed by atoms with van der Waals surface area (Å²) in [6.45, 7) is 7.30. The van der Waals surface area contributed by atoms with Crippen molar-refractivity contribution in [3.05, 3.63) is 21.5 Å². The predicted octanol–water partition coefficient (Wildman–Crippen LogP) is 2.49. The fraction of sp³-hybridized carbons (Fsp3) is 0.714. The fourth-order valence-corrected chi connectivity index (χ4v) is 2.33. The van der Waals surface area contributed by atoms with Gasteiger partial charge in [0.2, 0.25) is 5.91 Å². The number of unbranched alkanes of at least 4 members (excludes halogenated alkanes) is 2. The Hall–Kier alpha value is -1.92. The zero-order chi connectivity index (χ0) is 16.0. The van der Waals surface area contributed by atoms with Gasteiger partial charge in [0.1, 0.15) is 17.9 Å². The van der Waals surface area contributed by atoms with E-state index in [1.54, 1.807) is 13.8 Å². The predicted molar refractivity (Wildman–Crippen MR) is 80.1 cm³/mol. The highest BCUT2D eigenvalue weighted by molar-refractivity contribution is 5.76. The second kappa shape index (κ2) is 7.75. The Labute approximate surface area is 124 Å². The molecule has 1 atom stereocenters. The quantitative estimate of drug-likeness (QED) is 0.453. The van der Waals surface area contributed by atoms with Gasteiger partial charge in [-0.15, -0.1) is 0 Å². The number of amides is 1. The van der Waals surface area contributed by atoms with E-state index in [0.717, 1.165) is 25.7 Å². The lowest BCUT2D eigenvalue weighted by atomic mass is 10.1. The Bertz CT molecular complexity index is 511. The maximum Gasteiger partial charge on any atom is 0.312 e. The van der Waals surface area contributed by atoms with Crippen LogP contribution in [0.15, 0.2) is 0 Å². The summed E-state index contributed by atoms with van der Waals surface area (Å²) < 4.78 is 1.39. The first kappa shape index (κ1) is 17.1. The van der Waals surface area contributed by atoms with Crippen LogP contribution < -0.4 is 5.32 Å². The molecule has 0 unspecified atom stereocenters. The van der Waals surface area contributed by atoms with Gasteiger partial charge in [-0.05, 0) is 27.2 Å². The van der Waals surface area contributed by atoms with E-state index in [-0.39, 0.29) is 24.2 Å². The molecule has 21 heavy (non-hydrogen) atoms. The van der Waals surface area contributed by atoms with E-state index >= 15 is 0 Å². The van der Waals surface area contributed by atoms with Crippen molar-refractivity contribution in [1.82, 2.24) is 15.1 Å². The molecule has 1 aromatic heterocycles. The van der Waals surface area contributed by atoms with Gasteiger partial charge < -0.3 is 5.32 Å². The summed E-state index contributed by atoms with van der Waals surface area (Å²) in [6.07, 6.45) is 4.33. The molecule has 0 spiro atoms. The standard InChI is InChI=1S/C14H24N4O3/c1-5-6-7-8-10(2)15-13(19)9-17-12(4)14(18(20)21)11(3)16-17/h10H,5-9H2,1-4H3,(H,15,19)/t10-/m0/s1. The number of carbonyl (C=O) groups is 1. The lowest BCUT2D eigenvalue weighted by molar-refractivity contribution is -0.386. The second-order valence-corrected chi connectivity index (χ2v) is 5.40. The maximum atomic E-state index is 12.0. The van der Waals surface area contributed by atoms with Gasteiger partial charge >= 0.3 is 5.69 Å². The molecule has 7 heteroatoms. The van der Waals surface area contributed by atoms with Crippen LogP contribution in [0.2, 0.25) is 0 Å². The van der Waals surface area contributed by atoms with Gasteiger partial charge in [-0.2, -0.15) is 5.10 Å². The van der Waals surface area contributed by atoms with Crippen LogP contribution in [-0.2, 0) is 11.3 Å². The van der Waals surface area contributed by atoms with Gasteiger partial charge in [0, 0.05) is 6.04 Å². The van der Waals surface area contributed by atoms with Gasteiger partial charge in [-0.1, -0.05) is 26.2 Å². The van der Waals surface area contributed by atoms with E-state index in [2.05, 4.69) is 17.3 Å². The monoisotopic (exact) mass is 296 g/mol. The van der Waals surface area contributed by atoms with Crippen LogP contribution in [0, 0.1) is 24.0 Å². The van der Waals surface area contributed by atoms with E-state index in [9.17, 15) is 14.9 Å². The zero-order valence-electron chi connectivity index (χ0n) is 13.2. The van der Waals surface area contributed by atoms with Crippen LogP contribution in [0.1, 0.15) is 50.9 Å². The van der Waals surface area contributed by atoms with Gasteiger partial charge in [0.25, 0.3) is 0 Å². The summed E-state index contributed by atoms with van der Waals surface area (Å²) in [7, 11) is 0. The Morgan fingerprint density at radius 3 is 2.62 bits per heavy atom. The van der Waals surface area contributed by atoms with Crippen molar-refractivity contribution in [3.63, 3.8) is 0 Å². The Balaban J connectivity index is 2.59. The summed E-state index contributed by atoms with van der Waals surface area (Å²) in [4.78, 5) is 22.4. The lowest BCUT2D eigenvalue weighted by Gasteiger charge is -2.13. The minimum absolute atomic E-state index is 0.0125. The number of aromatic nitrogens is 2. The van der Waals surface area contributed by atoms with E-state index < -0.39 is 4.92 Å². The Morgan fingerprint density at radius 2 is 2.10 bits per heavy atom. The van der Waals surface area contributed by atoms with E-state index in [4.69, 9.17) is 0 Å². The van der Waals surface area contributed by atoms with Gasteiger partial charge in [0.05, 0.1) is 4.92 Å². The molecular formula is C14H24N4O3. The molecule has 0 saturated heterocycles. The highest BCUT2D eigenvalue weighted by Crippen LogP contribution is 2.21. The molecule has 0 aliphatic rings. The number of aryl methyl sites for hydroxylation is 1. The van der Waals surface area contributed by atoms with E-state index in [1.807, 2.05) is 6.92 Å². The van der Waals surface area contributed by atoms with Crippen LogP contribution in [0.3, 0.4) is 0 Å². The smallest absolute Gasteiger partial charge is 0.312 e. The molecule has 0 aromatic carbocycles. The first-order chi connectivity index (χ1) is 9.86. The minimum Gasteiger partial charge on any atom is -0.352 e. The van der Waals surface area contributed by atoms with Crippen molar-refractivity contribution in [2.45, 2.75) is 66.0 Å². The highest BCUT2D eigenvalue weighted by Gasteiger charge is 2.22. The molecule has 0 fully saturated rings. The first-order valence-corrected chi connectivity index (χ1v) is 7.34. The number of nitro groups is 1. The van der Waals surface area contributed by atoms with Gasteiger partial charge in [0.15, 0.2) is 0 Å².